The van der Waals surface area contributed by atoms with E-state index in [1.807, 2.05) is 13.8 Å². The third kappa shape index (κ3) is 3.90. The number of aryl methyl sites for hydroxylation is 2. The summed E-state index contributed by atoms with van der Waals surface area (Å²) in [5.74, 6) is 0.950. The predicted octanol–water partition coefficient (Wildman–Crippen LogP) is 2.10. The van der Waals surface area contributed by atoms with Crippen molar-refractivity contribution >= 4 is 5.91 Å². The maximum atomic E-state index is 12.9. The Bertz CT molecular complexity index is 585. The minimum atomic E-state index is 0.00354. The fraction of sp³-hybridized carbons (Fsp3) is 0.789. The zero-order valence-corrected chi connectivity index (χ0v) is 16.1. The van der Waals surface area contributed by atoms with Gasteiger partial charge in [0.15, 0.2) is 0 Å². The van der Waals surface area contributed by atoms with E-state index in [1.165, 1.54) is 12.8 Å². The molecule has 3 rings (SSSR count). The number of nitrogens with one attached hydrogen (secondary N) is 1. The summed E-state index contributed by atoms with van der Waals surface area (Å²) >= 11 is 0. The van der Waals surface area contributed by atoms with Gasteiger partial charge in [0.25, 0.3) is 0 Å². The first-order chi connectivity index (χ1) is 11.9. The number of hydrogen-bond donors (Lipinski definition) is 1. The van der Waals surface area contributed by atoms with Crippen molar-refractivity contribution in [3.05, 3.63) is 17.0 Å². The Morgan fingerprint density at radius 2 is 2.08 bits per heavy atom. The van der Waals surface area contributed by atoms with Crippen LogP contribution in [0.25, 0.3) is 0 Å². The smallest absolute Gasteiger partial charge is 0.237 e. The minimum absolute atomic E-state index is 0.00354. The van der Waals surface area contributed by atoms with Crippen molar-refractivity contribution in [3.8, 4) is 0 Å². The third-order valence-corrected chi connectivity index (χ3v) is 6.09. The number of carbonyl (C=O) groups excluding carboxylic acids is 1. The van der Waals surface area contributed by atoms with Gasteiger partial charge in [0, 0.05) is 18.7 Å². The monoisotopic (exact) mass is 348 g/mol. The third-order valence-electron chi connectivity index (χ3n) is 6.09. The standard InChI is InChI=1S/C19H32N4O2/c1-5-8-23-13-19(6-9-22(4)10-7-19)11-17(23)18(24)20-12-16-14(2)21-25-15(16)3/h17H,5-13H2,1-4H3,(H,20,24)/t17-/m1/s1. The molecule has 6 heteroatoms. The van der Waals surface area contributed by atoms with E-state index < -0.39 is 0 Å². The highest BCUT2D eigenvalue weighted by molar-refractivity contribution is 5.82. The Labute approximate surface area is 150 Å². The average Bonchev–Trinajstić information content (AvgIpc) is 3.10. The molecule has 1 amide bonds. The molecule has 1 aromatic rings. The number of carbonyl (C=O) groups is 1. The summed E-state index contributed by atoms with van der Waals surface area (Å²) in [5, 5.41) is 7.11. The Morgan fingerprint density at radius 3 is 2.68 bits per heavy atom. The van der Waals surface area contributed by atoms with Gasteiger partial charge in [0.1, 0.15) is 5.76 Å². The molecule has 0 saturated carbocycles. The van der Waals surface area contributed by atoms with Crippen LogP contribution in [-0.2, 0) is 11.3 Å². The van der Waals surface area contributed by atoms with Crippen molar-refractivity contribution in [2.45, 2.75) is 59.0 Å². The van der Waals surface area contributed by atoms with Crippen molar-refractivity contribution in [2.75, 3.05) is 33.2 Å². The molecule has 0 bridgehead atoms. The van der Waals surface area contributed by atoms with E-state index in [1.54, 1.807) is 0 Å². The highest BCUT2D eigenvalue weighted by atomic mass is 16.5. The Kier molecular flexibility index (Phi) is 5.49. The second-order valence-corrected chi connectivity index (χ2v) is 8.01. The largest absolute Gasteiger partial charge is 0.361 e. The number of aromatic nitrogens is 1. The number of nitrogens with zero attached hydrogens (tertiary/aromatic N) is 3. The first-order valence-corrected chi connectivity index (χ1v) is 9.56. The highest BCUT2D eigenvalue weighted by Gasteiger charge is 2.47. The van der Waals surface area contributed by atoms with Crippen LogP contribution in [0.2, 0.25) is 0 Å². The van der Waals surface area contributed by atoms with E-state index in [0.717, 1.165) is 56.0 Å². The highest BCUT2D eigenvalue weighted by Crippen LogP contribution is 2.43. The summed E-state index contributed by atoms with van der Waals surface area (Å²) in [4.78, 5) is 17.7. The Morgan fingerprint density at radius 1 is 1.36 bits per heavy atom. The second kappa shape index (κ2) is 7.46. The summed E-state index contributed by atoms with van der Waals surface area (Å²) in [7, 11) is 2.19. The fourth-order valence-corrected chi connectivity index (χ4v) is 4.43. The molecular weight excluding hydrogens is 316 g/mol. The molecule has 3 heterocycles. The zero-order valence-electron chi connectivity index (χ0n) is 16.1. The fourth-order valence-electron chi connectivity index (χ4n) is 4.43. The second-order valence-electron chi connectivity index (χ2n) is 8.01. The lowest BCUT2D eigenvalue weighted by molar-refractivity contribution is -0.125. The molecule has 0 unspecified atom stereocenters. The normalized spacial score (nSPS) is 24.1. The van der Waals surface area contributed by atoms with Gasteiger partial charge < -0.3 is 14.7 Å². The van der Waals surface area contributed by atoms with Gasteiger partial charge in [-0.15, -0.1) is 0 Å². The van der Waals surface area contributed by atoms with Crippen molar-refractivity contribution in [1.82, 2.24) is 20.3 Å². The average molecular weight is 348 g/mol. The molecule has 25 heavy (non-hydrogen) atoms. The molecule has 1 atom stereocenters. The summed E-state index contributed by atoms with van der Waals surface area (Å²) in [6.07, 6.45) is 4.49. The van der Waals surface area contributed by atoms with E-state index in [2.05, 4.69) is 34.2 Å². The quantitative estimate of drug-likeness (QED) is 0.883. The van der Waals surface area contributed by atoms with Crippen LogP contribution in [0.15, 0.2) is 4.52 Å². The van der Waals surface area contributed by atoms with E-state index in [4.69, 9.17) is 4.52 Å². The summed E-state index contributed by atoms with van der Waals surface area (Å²) in [6.45, 7) is 10.9. The summed E-state index contributed by atoms with van der Waals surface area (Å²) < 4.78 is 5.20. The molecule has 2 aliphatic heterocycles. The van der Waals surface area contributed by atoms with Crippen LogP contribution in [0.4, 0.5) is 0 Å². The maximum absolute atomic E-state index is 12.9. The maximum Gasteiger partial charge on any atom is 0.237 e. The van der Waals surface area contributed by atoms with Crippen LogP contribution in [-0.4, -0.2) is 60.1 Å². The van der Waals surface area contributed by atoms with Gasteiger partial charge in [0.2, 0.25) is 5.91 Å². The van der Waals surface area contributed by atoms with Crippen molar-refractivity contribution in [2.24, 2.45) is 5.41 Å². The molecule has 0 aromatic carbocycles. The molecule has 0 aliphatic carbocycles. The lowest BCUT2D eigenvalue weighted by Crippen LogP contribution is -2.43. The lowest BCUT2D eigenvalue weighted by atomic mass is 9.76. The lowest BCUT2D eigenvalue weighted by Gasteiger charge is -2.37. The van der Waals surface area contributed by atoms with Gasteiger partial charge in [0.05, 0.1) is 11.7 Å². The molecule has 0 radical (unpaired) electrons. The van der Waals surface area contributed by atoms with Crippen LogP contribution in [0, 0.1) is 19.3 Å². The first kappa shape index (κ1) is 18.4. The topological polar surface area (TPSA) is 61.6 Å². The number of hydrogen-bond acceptors (Lipinski definition) is 5. The molecule has 140 valence electrons. The summed E-state index contributed by atoms with van der Waals surface area (Å²) in [5.41, 5.74) is 2.19. The van der Waals surface area contributed by atoms with Gasteiger partial charge in [-0.2, -0.15) is 0 Å². The van der Waals surface area contributed by atoms with Crippen LogP contribution in [0.3, 0.4) is 0 Å². The molecule has 2 saturated heterocycles. The van der Waals surface area contributed by atoms with Crippen LogP contribution >= 0.6 is 0 Å². The molecule has 2 fully saturated rings. The molecule has 2 aliphatic rings. The van der Waals surface area contributed by atoms with Crippen LogP contribution in [0.5, 0.6) is 0 Å². The van der Waals surface area contributed by atoms with E-state index in [-0.39, 0.29) is 11.9 Å². The first-order valence-electron chi connectivity index (χ1n) is 9.56. The van der Waals surface area contributed by atoms with E-state index in [9.17, 15) is 4.79 Å². The van der Waals surface area contributed by atoms with Gasteiger partial charge >= 0.3 is 0 Å². The van der Waals surface area contributed by atoms with Crippen molar-refractivity contribution < 1.29 is 9.32 Å². The Balaban J connectivity index is 1.65. The van der Waals surface area contributed by atoms with Gasteiger partial charge in [-0.1, -0.05) is 12.1 Å². The van der Waals surface area contributed by atoms with Gasteiger partial charge in [-0.25, -0.2) is 0 Å². The van der Waals surface area contributed by atoms with Gasteiger partial charge in [-0.05, 0) is 71.6 Å². The number of piperidine rings is 1. The minimum Gasteiger partial charge on any atom is -0.361 e. The number of amides is 1. The Hall–Kier alpha value is -1.40. The van der Waals surface area contributed by atoms with E-state index in [0.29, 0.717) is 12.0 Å². The molecule has 1 aromatic heterocycles. The zero-order chi connectivity index (χ0) is 18.0. The van der Waals surface area contributed by atoms with E-state index >= 15 is 0 Å². The molecule has 6 nitrogen and oxygen atoms in total. The molecule has 1 spiro atoms. The SMILES string of the molecule is CCCN1CC2(CCN(C)CC2)C[C@@H]1C(=O)NCc1c(C)noc1C. The predicted molar refractivity (Wildman–Crippen MR) is 97.3 cm³/mol. The van der Waals surface area contributed by atoms with Crippen LogP contribution < -0.4 is 5.32 Å². The number of rotatable bonds is 5. The summed E-state index contributed by atoms with van der Waals surface area (Å²) in [6, 6.07) is 0.00354. The van der Waals surface area contributed by atoms with Crippen molar-refractivity contribution in [3.63, 3.8) is 0 Å². The van der Waals surface area contributed by atoms with Crippen LogP contribution in [0.1, 0.15) is 49.6 Å². The molecule has 1 N–H and O–H groups in total. The number of likely N-dealkylation sites (tertiary alicyclic amines) is 2. The van der Waals surface area contributed by atoms with Gasteiger partial charge in [-0.3, -0.25) is 9.69 Å². The van der Waals surface area contributed by atoms with Crippen molar-refractivity contribution in [1.29, 1.82) is 0 Å². The molecular formula is C19H32N4O2.